The summed E-state index contributed by atoms with van der Waals surface area (Å²) in [4.78, 5) is 4.40. The lowest BCUT2D eigenvalue weighted by atomic mass is 9.98. The monoisotopic (exact) mass is 349 g/mol. The van der Waals surface area contributed by atoms with E-state index in [-0.39, 0.29) is 12.1 Å². The third kappa shape index (κ3) is 4.61. The van der Waals surface area contributed by atoms with Crippen LogP contribution in [0.3, 0.4) is 0 Å². The summed E-state index contributed by atoms with van der Waals surface area (Å²) in [6.07, 6.45) is 2.39. The van der Waals surface area contributed by atoms with Gasteiger partial charge in [0.1, 0.15) is 0 Å². The van der Waals surface area contributed by atoms with Gasteiger partial charge in [-0.3, -0.25) is 16.3 Å². The van der Waals surface area contributed by atoms with E-state index in [1.807, 2.05) is 37.3 Å². The Hall–Kier alpha value is -1.27. The number of pyridine rings is 1. The zero-order valence-electron chi connectivity index (χ0n) is 12.0. The number of benzene rings is 1. The highest BCUT2D eigenvalue weighted by Gasteiger charge is 2.23. The summed E-state index contributed by atoms with van der Waals surface area (Å²) in [7, 11) is 0. The molecule has 2 aromatic rings. The van der Waals surface area contributed by atoms with Gasteiger partial charge in [-0.1, -0.05) is 30.3 Å². The van der Waals surface area contributed by atoms with Gasteiger partial charge in [0, 0.05) is 29.4 Å². The molecule has 0 saturated carbocycles. The number of nitrogens with one attached hydrogen (secondary N) is 1. The maximum Gasteiger partial charge on any atom is 0.0994 e. The van der Waals surface area contributed by atoms with Crippen LogP contribution in [0.1, 0.15) is 24.3 Å². The maximum absolute atomic E-state index is 5.90. The molecule has 0 spiro atoms. The first-order valence-corrected chi connectivity index (χ1v) is 7.77. The number of nitrogens with zero attached hydrogens (tertiary/aromatic N) is 1. The lowest BCUT2D eigenvalue weighted by Crippen LogP contribution is -2.42. The predicted octanol–water partition coefficient (Wildman–Crippen LogP) is 3.00. The molecule has 2 rings (SSSR count). The van der Waals surface area contributed by atoms with Crippen LogP contribution < -0.4 is 11.3 Å². The molecule has 0 amide bonds. The summed E-state index contributed by atoms with van der Waals surface area (Å²) in [6, 6.07) is 14.0. The summed E-state index contributed by atoms with van der Waals surface area (Å²) in [5, 5.41) is 0. The molecule has 1 heterocycles. The van der Waals surface area contributed by atoms with E-state index in [9.17, 15) is 0 Å². The lowest BCUT2D eigenvalue weighted by Gasteiger charge is -2.26. The largest absolute Gasteiger partial charge is 0.372 e. The van der Waals surface area contributed by atoms with Crippen LogP contribution in [0.25, 0.3) is 0 Å². The Morgan fingerprint density at radius 3 is 2.57 bits per heavy atom. The van der Waals surface area contributed by atoms with Crippen molar-refractivity contribution in [1.29, 1.82) is 0 Å². The molecule has 0 aliphatic rings. The minimum Gasteiger partial charge on any atom is -0.372 e. The quantitative estimate of drug-likeness (QED) is 0.595. The van der Waals surface area contributed by atoms with Gasteiger partial charge in [0.25, 0.3) is 0 Å². The van der Waals surface area contributed by atoms with Gasteiger partial charge in [-0.15, -0.1) is 0 Å². The van der Waals surface area contributed by atoms with Crippen LogP contribution in [0.5, 0.6) is 0 Å². The molecule has 1 aromatic carbocycles. The molecule has 3 N–H and O–H groups in total. The summed E-state index contributed by atoms with van der Waals surface area (Å²) >= 11 is 3.39. The molecule has 21 heavy (non-hydrogen) atoms. The minimum atomic E-state index is -0.105. The lowest BCUT2D eigenvalue weighted by molar-refractivity contribution is 0.0330. The molecule has 1 aromatic heterocycles. The molecular weight excluding hydrogens is 330 g/mol. The van der Waals surface area contributed by atoms with E-state index in [0.717, 1.165) is 15.7 Å². The normalized spacial score (nSPS) is 13.9. The summed E-state index contributed by atoms with van der Waals surface area (Å²) in [5.41, 5.74) is 4.96. The predicted molar refractivity (Wildman–Crippen MR) is 87.6 cm³/mol. The van der Waals surface area contributed by atoms with E-state index in [2.05, 4.69) is 38.5 Å². The molecule has 4 nitrogen and oxygen atoms in total. The number of aromatic nitrogens is 1. The highest BCUT2D eigenvalue weighted by Crippen LogP contribution is 2.23. The molecule has 5 heteroatoms. The molecule has 0 aliphatic heterocycles. The van der Waals surface area contributed by atoms with Gasteiger partial charge in [0.05, 0.1) is 12.1 Å². The highest BCUT2D eigenvalue weighted by atomic mass is 79.9. The molecule has 0 fully saturated rings. The second kappa shape index (κ2) is 8.24. The minimum absolute atomic E-state index is 0.0407. The Bertz CT molecular complexity index is 533. The summed E-state index contributed by atoms with van der Waals surface area (Å²) in [6.45, 7) is 2.62. The zero-order valence-corrected chi connectivity index (χ0v) is 13.6. The molecule has 0 bridgehead atoms. The van der Waals surface area contributed by atoms with Gasteiger partial charge in [-0.25, -0.2) is 0 Å². The Morgan fingerprint density at radius 1 is 1.24 bits per heavy atom. The smallest absolute Gasteiger partial charge is 0.0994 e. The van der Waals surface area contributed by atoms with Crippen LogP contribution in [0.15, 0.2) is 53.1 Å². The van der Waals surface area contributed by atoms with Crippen LogP contribution in [0.2, 0.25) is 0 Å². The van der Waals surface area contributed by atoms with Crippen molar-refractivity contribution in [3.05, 3.63) is 64.4 Å². The van der Waals surface area contributed by atoms with Gasteiger partial charge in [-0.2, -0.15) is 0 Å². The number of hydrogen-bond donors (Lipinski definition) is 2. The molecule has 2 unspecified atom stereocenters. The number of nitrogens with two attached hydrogens (primary N) is 1. The number of hydrogen-bond acceptors (Lipinski definition) is 4. The van der Waals surface area contributed by atoms with Crippen molar-refractivity contribution >= 4 is 15.9 Å². The van der Waals surface area contributed by atoms with Crippen LogP contribution in [-0.4, -0.2) is 17.6 Å². The molecule has 0 radical (unpaired) electrons. The first-order chi connectivity index (χ1) is 10.2. The van der Waals surface area contributed by atoms with Crippen LogP contribution in [0, 0.1) is 0 Å². The fraction of sp³-hybridized carbons (Fsp3) is 0.312. The highest BCUT2D eigenvalue weighted by molar-refractivity contribution is 9.10. The Morgan fingerprint density at radius 2 is 2.00 bits per heavy atom. The van der Waals surface area contributed by atoms with Crippen molar-refractivity contribution in [3.8, 4) is 0 Å². The molecular formula is C16H20BrN3O. The van der Waals surface area contributed by atoms with Crippen molar-refractivity contribution in [2.24, 2.45) is 5.84 Å². The van der Waals surface area contributed by atoms with Crippen LogP contribution in [0.4, 0.5) is 0 Å². The van der Waals surface area contributed by atoms with Gasteiger partial charge in [-0.05, 0) is 40.5 Å². The van der Waals surface area contributed by atoms with E-state index in [1.165, 1.54) is 0 Å². The number of ether oxygens (including phenoxy) is 1. The first-order valence-electron chi connectivity index (χ1n) is 6.97. The fourth-order valence-electron chi connectivity index (χ4n) is 2.27. The molecule has 2 atom stereocenters. The average molecular weight is 350 g/mol. The first kappa shape index (κ1) is 16.1. The van der Waals surface area contributed by atoms with E-state index >= 15 is 0 Å². The number of hydrazine groups is 1. The number of halogens is 1. The third-order valence-corrected chi connectivity index (χ3v) is 3.74. The fourth-order valence-corrected chi connectivity index (χ4v) is 2.51. The van der Waals surface area contributed by atoms with Gasteiger partial charge < -0.3 is 4.74 Å². The Labute approximate surface area is 133 Å². The van der Waals surface area contributed by atoms with Crippen molar-refractivity contribution < 1.29 is 4.74 Å². The van der Waals surface area contributed by atoms with E-state index in [4.69, 9.17) is 10.6 Å². The van der Waals surface area contributed by atoms with Crippen LogP contribution >= 0.6 is 15.9 Å². The zero-order chi connectivity index (χ0) is 15.1. The van der Waals surface area contributed by atoms with Gasteiger partial charge >= 0.3 is 0 Å². The summed E-state index contributed by atoms with van der Waals surface area (Å²) in [5.74, 6) is 5.75. The standard InChI is InChI=1S/C16H20BrN3O/c1-2-21-16(12-6-4-3-5-7-12)15(20-18)10-14-9-8-13(17)11-19-14/h3-9,11,15-16,20H,2,10,18H2,1H3. The second-order valence-corrected chi connectivity index (χ2v) is 5.65. The third-order valence-electron chi connectivity index (χ3n) is 3.27. The summed E-state index contributed by atoms with van der Waals surface area (Å²) < 4.78 is 6.86. The molecule has 0 saturated heterocycles. The van der Waals surface area contributed by atoms with Crippen molar-refractivity contribution in [2.75, 3.05) is 6.61 Å². The van der Waals surface area contributed by atoms with Crippen molar-refractivity contribution in [3.63, 3.8) is 0 Å². The van der Waals surface area contributed by atoms with E-state index in [1.54, 1.807) is 6.20 Å². The van der Waals surface area contributed by atoms with Crippen molar-refractivity contribution in [1.82, 2.24) is 10.4 Å². The molecule has 0 aliphatic carbocycles. The van der Waals surface area contributed by atoms with Crippen molar-refractivity contribution in [2.45, 2.75) is 25.5 Å². The molecule has 112 valence electrons. The maximum atomic E-state index is 5.90. The van der Waals surface area contributed by atoms with Gasteiger partial charge in [0.15, 0.2) is 0 Å². The number of rotatable bonds is 7. The Balaban J connectivity index is 2.17. The second-order valence-electron chi connectivity index (χ2n) is 4.73. The van der Waals surface area contributed by atoms with E-state index < -0.39 is 0 Å². The average Bonchev–Trinajstić information content (AvgIpc) is 2.53. The topological polar surface area (TPSA) is 60.2 Å². The van der Waals surface area contributed by atoms with Gasteiger partial charge in [0.2, 0.25) is 0 Å². The SMILES string of the molecule is CCOC(c1ccccc1)C(Cc1ccc(Br)cn1)NN. The van der Waals surface area contributed by atoms with E-state index in [0.29, 0.717) is 13.0 Å². The van der Waals surface area contributed by atoms with Crippen LogP contribution in [-0.2, 0) is 11.2 Å². The Kier molecular flexibility index (Phi) is 6.32.